The lowest BCUT2D eigenvalue weighted by Crippen LogP contribution is -2.49. The van der Waals surface area contributed by atoms with Crippen LogP contribution in [0.4, 0.5) is 0 Å². The quantitative estimate of drug-likeness (QED) is 0.859. The molecule has 1 unspecified atom stereocenters. The monoisotopic (exact) mass is 326 g/mol. The highest BCUT2D eigenvalue weighted by atomic mass is 16.5. The number of carbonyl (C=O) groups excluding carboxylic acids is 1. The van der Waals surface area contributed by atoms with Gasteiger partial charge in [0.15, 0.2) is 0 Å². The van der Waals surface area contributed by atoms with Gasteiger partial charge in [-0.2, -0.15) is 0 Å². The van der Waals surface area contributed by atoms with Crippen LogP contribution in [-0.2, 0) is 11.3 Å². The van der Waals surface area contributed by atoms with Crippen molar-refractivity contribution in [2.24, 2.45) is 0 Å². The van der Waals surface area contributed by atoms with Gasteiger partial charge in [-0.25, -0.2) is 9.97 Å². The summed E-state index contributed by atoms with van der Waals surface area (Å²) in [6, 6.07) is 7.89. The summed E-state index contributed by atoms with van der Waals surface area (Å²) in [5.74, 6) is 0.909. The SMILES string of the molecule is COc1ccccc1C1CN(Cc2cncnc2)CCN1C(C)=O. The Morgan fingerprint density at radius 3 is 2.71 bits per heavy atom. The van der Waals surface area contributed by atoms with Crippen LogP contribution in [0, 0.1) is 0 Å². The third-order valence-electron chi connectivity index (χ3n) is 4.39. The van der Waals surface area contributed by atoms with Crippen LogP contribution in [0.25, 0.3) is 0 Å². The van der Waals surface area contributed by atoms with E-state index in [1.807, 2.05) is 41.6 Å². The number of piperazine rings is 1. The van der Waals surface area contributed by atoms with Crippen LogP contribution in [-0.4, -0.2) is 52.4 Å². The number of hydrogen-bond acceptors (Lipinski definition) is 5. The number of methoxy groups -OCH3 is 1. The number of rotatable bonds is 4. The summed E-state index contributed by atoms with van der Waals surface area (Å²) in [6.45, 7) is 4.70. The molecule has 2 aromatic rings. The van der Waals surface area contributed by atoms with Crippen LogP contribution in [0.1, 0.15) is 24.1 Å². The first-order chi connectivity index (χ1) is 11.7. The van der Waals surface area contributed by atoms with Crippen molar-refractivity contribution in [2.45, 2.75) is 19.5 Å². The molecule has 0 spiro atoms. The Morgan fingerprint density at radius 1 is 1.25 bits per heavy atom. The van der Waals surface area contributed by atoms with Gasteiger partial charge in [0.05, 0.1) is 13.2 Å². The van der Waals surface area contributed by atoms with Gasteiger partial charge >= 0.3 is 0 Å². The maximum Gasteiger partial charge on any atom is 0.220 e. The summed E-state index contributed by atoms with van der Waals surface area (Å²) < 4.78 is 5.50. The van der Waals surface area contributed by atoms with Crippen LogP contribution in [0.5, 0.6) is 5.75 Å². The van der Waals surface area contributed by atoms with E-state index in [0.29, 0.717) is 6.54 Å². The molecule has 6 heteroatoms. The Labute approximate surface area is 142 Å². The molecular weight excluding hydrogens is 304 g/mol. The van der Waals surface area contributed by atoms with Crippen LogP contribution in [0.3, 0.4) is 0 Å². The normalized spacial score (nSPS) is 18.4. The average molecular weight is 326 g/mol. The van der Waals surface area contributed by atoms with Crippen molar-refractivity contribution in [1.29, 1.82) is 0 Å². The predicted octanol–water partition coefficient (Wildman–Crippen LogP) is 1.89. The zero-order valence-electron chi connectivity index (χ0n) is 14.1. The van der Waals surface area contributed by atoms with Gasteiger partial charge in [0, 0.05) is 56.6 Å². The molecule has 1 fully saturated rings. The number of nitrogens with zero attached hydrogens (tertiary/aromatic N) is 4. The predicted molar refractivity (Wildman–Crippen MR) is 90.4 cm³/mol. The topological polar surface area (TPSA) is 58.6 Å². The van der Waals surface area contributed by atoms with E-state index >= 15 is 0 Å². The lowest BCUT2D eigenvalue weighted by Gasteiger charge is -2.41. The van der Waals surface area contributed by atoms with Crippen LogP contribution in [0.2, 0.25) is 0 Å². The van der Waals surface area contributed by atoms with Gasteiger partial charge in [0.25, 0.3) is 0 Å². The molecular formula is C18H22N4O2. The Balaban J connectivity index is 1.83. The number of amides is 1. The van der Waals surface area contributed by atoms with Gasteiger partial charge in [-0.3, -0.25) is 9.69 Å². The number of carbonyl (C=O) groups is 1. The molecule has 0 saturated carbocycles. The largest absolute Gasteiger partial charge is 0.496 e. The van der Waals surface area contributed by atoms with E-state index in [-0.39, 0.29) is 11.9 Å². The van der Waals surface area contributed by atoms with Gasteiger partial charge in [-0.15, -0.1) is 0 Å². The Kier molecular flexibility index (Phi) is 5.05. The molecule has 1 aromatic carbocycles. The summed E-state index contributed by atoms with van der Waals surface area (Å²) in [7, 11) is 1.67. The van der Waals surface area contributed by atoms with Crippen molar-refractivity contribution in [3.05, 3.63) is 54.1 Å². The molecule has 1 amide bonds. The second kappa shape index (κ2) is 7.40. The minimum Gasteiger partial charge on any atom is -0.496 e. The van der Waals surface area contributed by atoms with Gasteiger partial charge < -0.3 is 9.64 Å². The molecule has 126 valence electrons. The Bertz CT molecular complexity index is 692. The zero-order valence-corrected chi connectivity index (χ0v) is 14.1. The van der Waals surface area contributed by atoms with Gasteiger partial charge in [0.1, 0.15) is 12.1 Å². The average Bonchev–Trinajstić information content (AvgIpc) is 2.62. The molecule has 1 aliphatic heterocycles. The van der Waals surface area contributed by atoms with Gasteiger partial charge in [-0.05, 0) is 6.07 Å². The molecule has 0 bridgehead atoms. The summed E-state index contributed by atoms with van der Waals surface area (Å²) in [6.07, 6.45) is 5.21. The first kappa shape index (κ1) is 16.4. The lowest BCUT2D eigenvalue weighted by molar-refractivity contribution is -0.134. The van der Waals surface area contributed by atoms with Crippen molar-refractivity contribution >= 4 is 5.91 Å². The minimum atomic E-state index is -0.0166. The molecule has 0 aliphatic carbocycles. The number of aromatic nitrogens is 2. The van der Waals surface area contributed by atoms with Crippen molar-refractivity contribution in [1.82, 2.24) is 19.8 Å². The fourth-order valence-corrected chi connectivity index (χ4v) is 3.24. The van der Waals surface area contributed by atoms with E-state index in [4.69, 9.17) is 4.74 Å². The van der Waals surface area contributed by atoms with Crippen molar-refractivity contribution in [2.75, 3.05) is 26.7 Å². The molecule has 6 nitrogen and oxygen atoms in total. The van der Waals surface area contributed by atoms with Gasteiger partial charge in [0.2, 0.25) is 5.91 Å². The van der Waals surface area contributed by atoms with Crippen LogP contribution >= 0.6 is 0 Å². The third-order valence-corrected chi connectivity index (χ3v) is 4.39. The summed E-state index contributed by atoms with van der Waals surface area (Å²) in [5.41, 5.74) is 2.12. The van der Waals surface area contributed by atoms with Gasteiger partial charge in [-0.1, -0.05) is 18.2 Å². The second-order valence-electron chi connectivity index (χ2n) is 5.95. The molecule has 1 aliphatic rings. The molecule has 1 atom stereocenters. The maximum absolute atomic E-state index is 12.1. The zero-order chi connectivity index (χ0) is 16.9. The Morgan fingerprint density at radius 2 is 2.00 bits per heavy atom. The number of hydrogen-bond donors (Lipinski definition) is 0. The number of benzene rings is 1. The smallest absolute Gasteiger partial charge is 0.220 e. The van der Waals surface area contributed by atoms with Crippen LogP contribution < -0.4 is 4.74 Å². The first-order valence-electron chi connectivity index (χ1n) is 8.05. The molecule has 3 rings (SSSR count). The molecule has 1 saturated heterocycles. The summed E-state index contributed by atoms with van der Waals surface area (Å²) >= 11 is 0. The minimum absolute atomic E-state index is 0.0166. The summed E-state index contributed by atoms with van der Waals surface area (Å²) in [5, 5.41) is 0. The third kappa shape index (κ3) is 3.54. The van der Waals surface area contributed by atoms with E-state index in [1.54, 1.807) is 14.0 Å². The highest BCUT2D eigenvalue weighted by Crippen LogP contribution is 2.32. The Hall–Kier alpha value is -2.47. The molecule has 24 heavy (non-hydrogen) atoms. The molecule has 2 heterocycles. The van der Waals surface area contributed by atoms with E-state index in [0.717, 1.165) is 36.5 Å². The summed E-state index contributed by atoms with van der Waals surface area (Å²) in [4.78, 5) is 24.5. The van der Waals surface area contributed by atoms with E-state index < -0.39 is 0 Å². The fraction of sp³-hybridized carbons (Fsp3) is 0.389. The lowest BCUT2D eigenvalue weighted by atomic mass is 10.0. The van der Waals surface area contributed by atoms with E-state index in [9.17, 15) is 4.79 Å². The second-order valence-corrected chi connectivity index (χ2v) is 5.95. The van der Waals surface area contributed by atoms with Crippen molar-refractivity contribution in [3.63, 3.8) is 0 Å². The molecule has 0 N–H and O–H groups in total. The fourth-order valence-electron chi connectivity index (χ4n) is 3.24. The van der Waals surface area contributed by atoms with E-state index in [2.05, 4.69) is 14.9 Å². The number of para-hydroxylation sites is 1. The number of ether oxygens (including phenoxy) is 1. The highest BCUT2D eigenvalue weighted by Gasteiger charge is 2.31. The van der Waals surface area contributed by atoms with Crippen LogP contribution in [0.15, 0.2) is 43.0 Å². The molecule has 0 radical (unpaired) electrons. The molecule has 1 aromatic heterocycles. The highest BCUT2D eigenvalue weighted by molar-refractivity contribution is 5.74. The first-order valence-corrected chi connectivity index (χ1v) is 8.05. The van der Waals surface area contributed by atoms with Crippen molar-refractivity contribution in [3.8, 4) is 5.75 Å². The maximum atomic E-state index is 12.1. The van der Waals surface area contributed by atoms with Crippen molar-refractivity contribution < 1.29 is 9.53 Å². The standard InChI is InChI=1S/C18H22N4O2/c1-14(23)22-8-7-21(11-15-9-19-13-20-10-15)12-17(22)16-5-3-4-6-18(16)24-2/h3-6,9-10,13,17H,7-8,11-12H2,1-2H3. The van der Waals surface area contributed by atoms with E-state index in [1.165, 1.54) is 6.33 Å².